The molecule has 2 N–H and O–H groups in total. The van der Waals surface area contributed by atoms with Gasteiger partial charge in [-0.1, -0.05) is 13.8 Å². The molecule has 0 unspecified atom stereocenters. The van der Waals surface area contributed by atoms with Crippen LogP contribution in [0.5, 0.6) is 0 Å². The van der Waals surface area contributed by atoms with Crippen LogP contribution >= 0.6 is 0 Å². The third kappa shape index (κ3) is 2.33. The van der Waals surface area contributed by atoms with Crippen LogP contribution in [0.2, 0.25) is 0 Å². The molecule has 0 saturated carbocycles. The van der Waals surface area contributed by atoms with Crippen molar-refractivity contribution in [1.29, 1.82) is 0 Å². The van der Waals surface area contributed by atoms with E-state index in [0.29, 0.717) is 17.1 Å². The fraction of sp³-hybridized carbons (Fsp3) is 0.357. The molecule has 0 amide bonds. The van der Waals surface area contributed by atoms with Crippen molar-refractivity contribution in [3.63, 3.8) is 0 Å². The molecule has 2 aromatic rings. The van der Waals surface area contributed by atoms with Crippen LogP contribution < -0.4 is 10.6 Å². The van der Waals surface area contributed by atoms with E-state index in [0.717, 1.165) is 6.07 Å². The third-order valence-corrected chi connectivity index (χ3v) is 3.08. The summed E-state index contributed by atoms with van der Waals surface area (Å²) in [5.41, 5.74) is 7.71. The van der Waals surface area contributed by atoms with Crippen molar-refractivity contribution in [3.05, 3.63) is 35.7 Å². The Balaban J connectivity index is 2.76. The largest absolute Gasteiger partial charge is 0.396 e. The van der Waals surface area contributed by atoms with E-state index in [4.69, 9.17) is 5.73 Å². The highest BCUT2D eigenvalue weighted by Crippen LogP contribution is 2.32. The Morgan fingerprint density at radius 1 is 1.25 bits per heavy atom. The topological polar surface area (TPSA) is 47.1 Å². The number of hydrogen-bond acceptors (Lipinski definition) is 3. The second-order valence-corrected chi connectivity index (χ2v) is 5.20. The maximum atomic E-state index is 14.2. The first-order valence-electron chi connectivity index (χ1n) is 6.33. The molecule has 1 aromatic heterocycles. The van der Waals surface area contributed by atoms with Gasteiger partial charge in [0.05, 0.1) is 23.3 Å². The number of aromatic nitrogens is 2. The number of rotatable bonds is 3. The van der Waals surface area contributed by atoms with Gasteiger partial charge in [-0.15, -0.1) is 0 Å². The van der Waals surface area contributed by atoms with Crippen molar-refractivity contribution >= 4 is 11.4 Å². The second-order valence-electron chi connectivity index (χ2n) is 5.20. The van der Waals surface area contributed by atoms with Gasteiger partial charge in [0.25, 0.3) is 0 Å². The Morgan fingerprint density at radius 3 is 2.45 bits per heavy atom. The van der Waals surface area contributed by atoms with Gasteiger partial charge in [-0.2, -0.15) is 5.10 Å². The zero-order chi connectivity index (χ0) is 15.0. The van der Waals surface area contributed by atoms with Gasteiger partial charge in [0.1, 0.15) is 11.5 Å². The summed E-state index contributed by atoms with van der Waals surface area (Å²) in [4.78, 5) is 1.64. The molecule has 6 heteroatoms. The highest BCUT2D eigenvalue weighted by molar-refractivity contribution is 5.64. The monoisotopic (exact) mass is 280 g/mol. The second kappa shape index (κ2) is 5.11. The fourth-order valence-corrected chi connectivity index (χ4v) is 2.23. The van der Waals surface area contributed by atoms with E-state index in [1.165, 1.54) is 16.9 Å². The quantitative estimate of drug-likeness (QED) is 0.940. The van der Waals surface area contributed by atoms with Gasteiger partial charge in [0.15, 0.2) is 5.82 Å². The van der Waals surface area contributed by atoms with E-state index in [2.05, 4.69) is 5.10 Å². The average molecular weight is 280 g/mol. The summed E-state index contributed by atoms with van der Waals surface area (Å²) in [7, 11) is 3.44. The molecule has 0 aliphatic carbocycles. The Kier molecular flexibility index (Phi) is 3.65. The molecule has 0 aliphatic heterocycles. The first-order chi connectivity index (χ1) is 9.32. The van der Waals surface area contributed by atoms with Crippen molar-refractivity contribution in [2.75, 3.05) is 24.7 Å². The Bertz CT molecular complexity index is 632. The summed E-state index contributed by atoms with van der Waals surface area (Å²) in [5.74, 6) is -1.23. The van der Waals surface area contributed by atoms with Crippen LogP contribution in [-0.2, 0) is 0 Å². The molecule has 0 spiro atoms. The van der Waals surface area contributed by atoms with Crippen LogP contribution in [0.25, 0.3) is 5.69 Å². The van der Waals surface area contributed by atoms with Crippen LogP contribution in [0.4, 0.5) is 20.2 Å². The normalized spacial score (nSPS) is 11.2. The fourth-order valence-electron chi connectivity index (χ4n) is 2.23. The van der Waals surface area contributed by atoms with E-state index >= 15 is 0 Å². The summed E-state index contributed by atoms with van der Waals surface area (Å²) in [6, 6.07) is 2.13. The molecular weight excluding hydrogens is 262 g/mol. The number of anilines is 2. The molecule has 20 heavy (non-hydrogen) atoms. The molecule has 0 saturated heterocycles. The summed E-state index contributed by atoms with van der Waals surface area (Å²) in [6.07, 6.45) is 1.48. The molecule has 0 aliphatic rings. The Morgan fingerprint density at radius 2 is 1.90 bits per heavy atom. The predicted octanol–water partition coefficient (Wildman–Crippen LogP) is 2.92. The number of nitrogen functional groups attached to an aromatic ring is 1. The molecule has 0 radical (unpaired) electrons. The summed E-state index contributed by atoms with van der Waals surface area (Å²) >= 11 is 0. The Hall–Kier alpha value is -2.11. The number of nitrogens with zero attached hydrogens (tertiary/aromatic N) is 3. The molecule has 4 nitrogen and oxygen atoms in total. The van der Waals surface area contributed by atoms with E-state index in [1.807, 2.05) is 13.8 Å². The SMILES string of the molecule is CC(C)c1c(N)cnn1-c1c(F)cc(F)cc1N(C)C. The number of nitrogens with two attached hydrogens (primary N) is 1. The van der Waals surface area contributed by atoms with Crippen molar-refractivity contribution < 1.29 is 8.78 Å². The van der Waals surface area contributed by atoms with Gasteiger partial charge in [-0.25, -0.2) is 13.5 Å². The third-order valence-electron chi connectivity index (χ3n) is 3.08. The predicted molar refractivity (Wildman–Crippen MR) is 76.3 cm³/mol. The van der Waals surface area contributed by atoms with Gasteiger partial charge < -0.3 is 10.6 Å². The summed E-state index contributed by atoms with van der Waals surface area (Å²) < 4.78 is 29.1. The lowest BCUT2D eigenvalue weighted by atomic mass is 10.1. The smallest absolute Gasteiger partial charge is 0.153 e. The van der Waals surface area contributed by atoms with Crippen molar-refractivity contribution in [3.8, 4) is 5.69 Å². The van der Waals surface area contributed by atoms with Crippen molar-refractivity contribution in [2.45, 2.75) is 19.8 Å². The number of hydrogen-bond donors (Lipinski definition) is 1. The maximum absolute atomic E-state index is 14.2. The van der Waals surface area contributed by atoms with Gasteiger partial charge >= 0.3 is 0 Å². The van der Waals surface area contributed by atoms with Gasteiger partial charge in [-0.05, 0) is 12.0 Å². The summed E-state index contributed by atoms with van der Waals surface area (Å²) in [5, 5.41) is 4.14. The minimum atomic E-state index is -0.668. The van der Waals surface area contributed by atoms with Crippen LogP contribution in [-0.4, -0.2) is 23.9 Å². The first-order valence-corrected chi connectivity index (χ1v) is 6.33. The molecule has 0 atom stereocenters. The lowest BCUT2D eigenvalue weighted by Gasteiger charge is -2.20. The molecule has 1 heterocycles. The van der Waals surface area contributed by atoms with E-state index in [9.17, 15) is 8.78 Å². The summed E-state index contributed by atoms with van der Waals surface area (Å²) in [6.45, 7) is 3.89. The standard InChI is InChI=1S/C14H18F2N4/c1-8(2)13-11(17)7-18-20(13)14-10(16)5-9(15)6-12(14)19(3)4/h5-8H,17H2,1-4H3. The van der Waals surface area contributed by atoms with Gasteiger partial charge in [0.2, 0.25) is 0 Å². The first kappa shape index (κ1) is 14.3. The average Bonchev–Trinajstić information content (AvgIpc) is 2.69. The van der Waals surface area contributed by atoms with E-state index in [-0.39, 0.29) is 11.6 Å². The molecule has 1 aromatic carbocycles. The molecule has 0 fully saturated rings. The highest BCUT2D eigenvalue weighted by Gasteiger charge is 2.21. The zero-order valence-corrected chi connectivity index (χ0v) is 12.0. The van der Waals surface area contributed by atoms with Crippen LogP contribution in [0.15, 0.2) is 18.3 Å². The van der Waals surface area contributed by atoms with Gasteiger partial charge in [-0.3, -0.25) is 0 Å². The highest BCUT2D eigenvalue weighted by atomic mass is 19.1. The number of benzene rings is 1. The van der Waals surface area contributed by atoms with Crippen LogP contribution in [0.3, 0.4) is 0 Å². The van der Waals surface area contributed by atoms with Crippen molar-refractivity contribution in [2.24, 2.45) is 0 Å². The van der Waals surface area contributed by atoms with Crippen molar-refractivity contribution in [1.82, 2.24) is 9.78 Å². The molecule has 0 bridgehead atoms. The lowest BCUT2D eigenvalue weighted by molar-refractivity contribution is 0.569. The van der Waals surface area contributed by atoms with Gasteiger partial charge in [0, 0.05) is 20.2 Å². The Labute approximate surface area is 116 Å². The molecular formula is C14H18F2N4. The number of halogens is 2. The minimum Gasteiger partial charge on any atom is -0.396 e. The minimum absolute atomic E-state index is 0.0666. The lowest BCUT2D eigenvalue weighted by Crippen LogP contribution is -2.16. The van der Waals surface area contributed by atoms with Crippen LogP contribution in [0.1, 0.15) is 25.5 Å². The zero-order valence-electron chi connectivity index (χ0n) is 12.0. The maximum Gasteiger partial charge on any atom is 0.153 e. The van der Waals surface area contributed by atoms with Crippen LogP contribution in [0, 0.1) is 11.6 Å². The van der Waals surface area contributed by atoms with E-state index in [1.54, 1.807) is 19.0 Å². The molecule has 2 rings (SSSR count). The molecule has 108 valence electrons. The van der Waals surface area contributed by atoms with E-state index < -0.39 is 11.6 Å².